The lowest BCUT2D eigenvalue weighted by atomic mass is 10.1. The Morgan fingerprint density at radius 2 is 1.96 bits per heavy atom. The predicted octanol–water partition coefficient (Wildman–Crippen LogP) is 0.781. The topological polar surface area (TPSA) is 96.4 Å². The number of methoxy groups -OCH3 is 1. The maximum Gasteiger partial charge on any atom is 0.173 e. The number of hydrogen-bond donors (Lipinski definition) is 0. The Labute approximate surface area is 136 Å². The normalized spacial score (nSPS) is 14.1. The highest BCUT2D eigenvalue weighted by Gasteiger charge is 2.28. The largest absolute Gasteiger partial charge is 0.494 e. The zero-order valence-corrected chi connectivity index (χ0v) is 13.0. The molecular weight excluding hydrogens is 315 g/mol. The van der Waals surface area contributed by atoms with Crippen LogP contribution in [-0.2, 0) is 13.0 Å². The molecule has 3 aromatic rings. The second-order valence-electron chi connectivity index (χ2n) is 5.67. The van der Waals surface area contributed by atoms with E-state index in [4.69, 9.17) is 4.74 Å². The minimum Gasteiger partial charge on any atom is -0.494 e. The van der Waals surface area contributed by atoms with Gasteiger partial charge in [0.25, 0.3) is 0 Å². The minimum atomic E-state index is -0.410. The molecule has 0 bridgehead atoms. The van der Waals surface area contributed by atoms with Gasteiger partial charge >= 0.3 is 0 Å². The van der Waals surface area contributed by atoms with Crippen molar-refractivity contribution in [1.82, 2.24) is 40.4 Å². The number of nitrogens with zero attached hydrogens (tertiary/aromatic N) is 8. The van der Waals surface area contributed by atoms with Gasteiger partial charge in [-0.25, -0.2) is 13.8 Å². The van der Waals surface area contributed by atoms with Crippen LogP contribution in [0.4, 0.5) is 4.39 Å². The molecule has 0 aliphatic heterocycles. The average Bonchev–Trinajstić information content (AvgIpc) is 3.17. The van der Waals surface area contributed by atoms with Gasteiger partial charge in [-0.1, -0.05) is 6.07 Å². The molecule has 4 rings (SSSR count). The van der Waals surface area contributed by atoms with Crippen LogP contribution in [0.5, 0.6) is 5.75 Å². The molecule has 9 nitrogen and oxygen atoms in total. The van der Waals surface area contributed by atoms with E-state index in [9.17, 15) is 4.39 Å². The third-order valence-corrected chi connectivity index (χ3v) is 3.93. The van der Waals surface area contributed by atoms with Crippen LogP contribution < -0.4 is 4.74 Å². The van der Waals surface area contributed by atoms with Crippen molar-refractivity contribution in [2.24, 2.45) is 0 Å². The van der Waals surface area contributed by atoms with Crippen molar-refractivity contribution in [1.29, 1.82) is 0 Å². The van der Waals surface area contributed by atoms with Gasteiger partial charge < -0.3 is 4.74 Å². The van der Waals surface area contributed by atoms with Crippen molar-refractivity contribution >= 4 is 0 Å². The van der Waals surface area contributed by atoms with Gasteiger partial charge in [-0.2, -0.15) is 0 Å². The number of benzene rings is 1. The highest BCUT2D eigenvalue weighted by Crippen LogP contribution is 2.34. The molecule has 1 aliphatic rings. The molecule has 1 saturated carbocycles. The van der Waals surface area contributed by atoms with Crippen molar-refractivity contribution in [3.63, 3.8) is 0 Å². The van der Waals surface area contributed by atoms with E-state index in [1.165, 1.54) is 13.2 Å². The molecule has 0 N–H and O–H groups in total. The van der Waals surface area contributed by atoms with Crippen molar-refractivity contribution < 1.29 is 9.13 Å². The maximum atomic E-state index is 13.8. The van der Waals surface area contributed by atoms with Crippen LogP contribution in [0.1, 0.15) is 36.1 Å². The van der Waals surface area contributed by atoms with Crippen LogP contribution in [0, 0.1) is 5.82 Å². The smallest absolute Gasteiger partial charge is 0.173 e. The molecule has 24 heavy (non-hydrogen) atoms. The monoisotopic (exact) mass is 330 g/mol. The molecule has 0 radical (unpaired) electrons. The Morgan fingerprint density at radius 3 is 2.71 bits per heavy atom. The molecule has 1 fully saturated rings. The maximum absolute atomic E-state index is 13.8. The van der Waals surface area contributed by atoms with Crippen LogP contribution in [-0.4, -0.2) is 47.5 Å². The number of hydrogen-bond acceptors (Lipinski definition) is 7. The molecule has 0 unspecified atom stereocenters. The molecule has 0 saturated heterocycles. The first-order chi connectivity index (χ1) is 11.7. The Kier molecular flexibility index (Phi) is 3.63. The van der Waals surface area contributed by atoms with Gasteiger partial charge in [0.2, 0.25) is 0 Å². The van der Waals surface area contributed by atoms with Crippen molar-refractivity contribution in [2.75, 3.05) is 7.11 Å². The molecule has 1 aliphatic carbocycles. The highest BCUT2D eigenvalue weighted by atomic mass is 19.1. The summed E-state index contributed by atoms with van der Waals surface area (Å²) >= 11 is 0. The first kappa shape index (κ1) is 14.7. The first-order valence-corrected chi connectivity index (χ1v) is 7.59. The lowest BCUT2D eigenvalue weighted by Crippen LogP contribution is -2.13. The Morgan fingerprint density at radius 1 is 1.17 bits per heavy atom. The van der Waals surface area contributed by atoms with E-state index in [2.05, 4.69) is 31.1 Å². The van der Waals surface area contributed by atoms with Gasteiger partial charge in [0.05, 0.1) is 13.2 Å². The van der Waals surface area contributed by atoms with Crippen molar-refractivity contribution in [3.8, 4) is 5.75 Å². The molecule has 10 heteroatoms. The van der Waals surface area contributed by atoms with E-state index in [1.807, 2.05) is 4.68 Å². The summed E-state index contributed by atoms with van der Waals surface area (Å²) in [6, 6.07) is 5.18. The van der Waals surface area contributed by atoms with Crippen LogP contribution in [0.3, 0.4) is 0 Å². The van der Waals surface area contributed by atoms with Gasteiger partial charge in [-0.15, -0.1) is 10.2 Å². The van der Waals surface area contributed by atoms with Gasteiger partial charge in [-0.3, -0.25) is 0 Å². The van der Waals surface area contributed by atoms with Crippen molar-refractivity contribution in [2.45, 2.75) is 31.8 Å². The zero-order chi connectivity index (χ0) is 16.5. The summed E-state index contributed by atoms with van der Waals surface area (Å²) in [5, 5.41) is 23.5. The second-order valence-corrected chi connectivity index (χ2v) is 5.67. The highest BCUT2D eigenvalue weighted by molar-refractivity contribution is 5.30. The fourth-order valence-corrected chi connectivity index (χ4v) is 2.53. The van der Waals surface area contributed by atoms with E-state index in [-0.39, 0.29) is 5.75 Å². The fraction of sp³-hybridized carbons (Fsp3) is 0.429. The van der Waals surface area contributed by atoms with E-state index in [1.54, 1.807) is 16.8 Å². The van der Waals surface area contributed by atoms with Gasteiger partial charge in [0, 0.05) is 6.42 Å². The quantitative estimate of drug-likeness (QED) is 0.659. The Hall–Kier alpha value is -2.91. The fourth-order valence-electron chi connectivity index (χ4n) is 2.53. The lowest BCUT2D eigenvalue weighted by Gasteiger charge is -2.06. The average molecular weight is 330 g/mol. The molecule has 0 spiro atoms. The van der Waals surface area contributed by atoms with Gasteiger partial charge in [-0.05, 0) is 51.4 Å². The summed E-state index contributed by atoms with van der Waals surface area (Å²) in [6.07, 6.45) is 2.58. The Balaban J connectivity index is 1.54. The molecular formula is C14H15FN8O. The number of rotatable bonds is 6. The van der Waals surface area contributed by atoms with E-state index in [0.29, 0.717) is 30.7 Å². The summed E-state index contributed by atoms with van der Waals surface area (Å²) in [5.41, 5.74) is 0.756. The lowest BCUT2D eigenvalue weighted by molar-refractivity contribution is 0.386. The number of halogens is 1. The summed E-state index contributed by atoms with van der Waals surface area (Å²) in [7, 11) is 1.43. The molecule has 2 aromatic heterocycles. The molecule has 1 aromatic carbocycles. The van der Waals surface area contributed by atoms with Crippen LogP contribution in [0.2, 0.25) is 0 Å². The van der Waals surface area contributed by atoms with Crippen molar-refractivity contribution in [3.05, 3.63) is 41.2 Å². The van der Waals surface area contributed by atoms with E-state index >= 15 is 0 Å². The summed E-state index contributed by atoms with van der Waals surface area (Å²) in [4.78, 5) is 0. The van der Waals surface area contributed by atoms with Gasteiger partial charge in [0.15, 0.2) is 23.2 Å². The third kappa shape index (κ3) is 2.82. The second kappa shape index (κ2) is 5.95. The number of aromatic nitrogens is 8. The SMILES string of the molecule is COc1ccc(Cc2nnnn2Cc2nnnn2C2CC2)cc1F. The van der Waals surface area contributed by atoms with Crippen LogP contribution >= 0.6 is 0 Å². The molecule has 0 amide bonds. The standard InChI is InChI=1S/C14H15FN8O/c1-24-12-5-2-9(6-11(12)15)7-13-16-18-20-22(13)8-14-17-19-21-23(14)10-3-4-10/h2,5-6,10H,3-4,7-8H2,1H3. The summed E-state index contributed by atoms with van der Waals surface area (Å²) in [6.45, 7) is 0.379. The predicted molar refractivity (Wildman–Crippen MR) is 78.8 cm³/mol. The number of ether oxygens (including phenoxy) is 1. The third-order valence-electron chi connectivity index (χ3n) is 3.93. The number of tetrazole rings is 2. The van der Waals surface area contributed by atoms with Gasteiger partial charge in [0.1, 0.15) is 6.54 Å². The Bertz CT molecular complexity index is 856. The van der Waals surface area contributed by atoms with Crippen LogP contribution in [0.15, 0.2) is 18.2 Å². The molecule has 124 valence electrons. The first-order valence-electron chi connectivity index (χ1n) is 7.59. The summed E-state index contributed by atoms with van der Waals surface area (Å²) in [5.74, 6) is 1.13. The minimum absolute atomic E-state index is 0.210. The van der Waals surface area contributed by atoms with E-state index in [0.717, 1.165) is 18.4 Å². The zero-order valence-electron chi connectivity index (χ0n) is 13.0. The summed E-state index contributed by atoms with van der Waals surface area (Å²) < 4.78 is 22.2. The van der Waals surface area contributed by atoms with E-state index < -0.39 is 5.82 Å². The molecule has 0 atom stereocenters. The van der Waals surface area contributed by atoms with Crippen LogP contribution in [0.25, 0.3) is 0 Å². The molecule has 2 heterocycles.